The number of esters is 2. The minimum Gasteiger partial charge on any atom is -0.462 e. The summed E-state index contributed by atoms with van der Waals surface area (Å²) in [6, 6.07) is 0. The third-order valence-electron chi connectivity index (χ3n) is 6.71. The number of hydrogen-bond donors (Lipinski definition) is 2. The molecular formula is C30H58NO9P. The number of phosphoric acid groups is 1. The SMILES string of the molecule is CCCCCCCCCCCCCCCC(=O)OCC(COP(=O)(O)OCCN)OC(=O)CCCCCCCC=O. The van der Waals surface area contributed by atoms with Gasteiger partial charge in [0.1, 0.15) is 12.9 Å². The standard InChI is InChI=1S/C30H58NO9P/c1-2-3-4-5-6-7-8-9-10-11-12-15-18-21-29(33)37-26-28(27-39-41(35,36)38-25-23-31)40-30(34)22-19-16-13-14-17-20-24-32/h24,28H,2-23,25-27,31H2,1H3,(H,35,36). The fourth-order valence-corrected chi connectivity index (χ4v) is 5.08. The van der Waals surface area contributed by atoms with Crippen LogP contribution in [-0.2, 0) is 37.5 Å². The van der Waals surface area contributed by atoms with Gasteiger partial charge < -0.3 is 24.9 Å². The lowest BCUT2D eigenvalue weighted by atomic mass is 10.0. The van der Waals surface area contributed by atoms with Crippen LogP contribution in [0.2, 0.25) is 0 Å². The second-order valence-electron chi connectivity index (χ2n) is 10.6. The van der Waals surface area contributed by atoms with Gasteiger partial charge in [0, 0.05) is 25.8 Å². The molecule has 41 heavy (non-hydrogen) atoms. The molecule has 0 heterocycles. The molecule has 0 aromatic rings. The van der Waals surface area contributed by atoms with Crippen molar-refractivity contribution in [2.75, 3.05) is 26.4 Å². The number of carbonyl (C=O) groups is 3. The van der Waals surface area contributed by atoms with Crippen molar-refractivity contribution in [2.24, 2.45) is 5.73 Å². The van der Waals surface area contributed by atoms with E-state index in [4.69, 9.17) is 24.3 Å². The summed E-state index contributed by atoms with van der Waals surface area (Å²) < 4.78 is 32.2. The van der Waals surface area contributed by atoms with Gasteiger partial charge in [-0.2, -0.15) is 0 Å². The molecule has 0 aromatic carbocycles. The first kappa shape index (κ1) is 39.7. The highest BCUT2D eigenvalue weighted by Crippen LogP contribution is 2.43. The molecule has 0 fully saturated rings. The van der Waals surface area contributed by atoms with Crippen molar-refractivity contribution < 1.29 is 42.4 Å². The van der Waals surface area contributed by atoms with Crippen LogP contribution in [0.4, 0.5) is 0 Å². The van der Waals surface area contributed by atoms with Crippen molar-refractivity contribution in [1.29, 1.82) is 0 Å². The molecule has 0 aliphatic rings. The highest BCUT2D eigenvalue weighted by Gasteiger charge is 2.25. The van der Waals surface area contributed by atoms with Crippen LogP contribution in [0, 0.1) is 0 Å². The smallest absolute Gasteiger partial charge is 0.462 e. The van der Waals surface area contributed by atoms with E-state index < -0.39 is 32.5 Å². The average molecular weight is 608 g/mol. The maximum Gasteiger partial charge on any atom is 0.472 e. The third kappa shape index (κ3) is 28.6. The Morgan fingerprint density at radius 2 is 1.22 bits per heavy atom. The highest BCUT2D eigenvalue weighted by molar-refractivity contribution is 7.47. The van der Waals surface area contributed by atoms with Crippen LogP contribution in [0.15, 0.2) is 0 Å². The van der Waals surface area contributed by atoms with Crippen molar-refractivity contribution in [2.45, 2.75) is 148 Å². The van der Waals surface area contributed by atoms with E-state index in [2.05, 4.69) is 6.92 Å². The number of carbonyl (C=O) groups excluding carboxylic acids is 3. The second kappa shape index (κ2) is 28.8. The molecule has 3 N–H and O–H groups in total. The van der Waals surface area contributed by atoms with Crippen LogP contribution in [-0.4, -0.2) is 55.6 Å². The first-order valence-corrected chi connectivity index (χ1v) is 17.4. The summed E-state index contributed by atoms with van der Waals surface area (Å²) in [5.74, 6) is -0.911. The number of aldehydes is 1. The molecule has 2 atom stereocenters. The van der Waals surface area contributed by atoms with Gasteiger partial charge in [-0.1, -0.05) is 103 Å². The number of hydrogen-bond acceptors (Lipinski definition) is 9. The zero-order chi connectivity index (χ0) is 30.4. The molecule has 10 nitrogen and oxygen atoms in total. The van der Waals surface area contributed by atoms with Crippen LogP contribution >= 0.6 is 7.82 Å². The van der Waals surface area contributed by atoms with E-state index in [0.29, 0.717) is 12.8 Å². The van der Waals surface area contributed by atoms with E-state index in [1.54, 1.807) is 0 Å². The first-order chi connectivity index (χ1) is 19.8. The van der Waals surface area contributed by atoms with Crippen molar-refractivity contribution in [3.8, 4) is 0 Å². The minimum atomic E-state index is -4.37. The number of unbranched alkanes of at least 4 members (excludes halogenated alkanes) is 17. The molecule has 0 saturated carbocycles. The molecule has 0 aromatic heterocycles. The third-order valence-corrected chi connectivity index (χ3v) is 7.70. The second-order valence-corrected chi connectivity index (χ2v) is 12.1. The summed E-state index contributed by atoms with van der Waals surface area (Å²) in [6.45, 7) is 1.38. The Balaban J connectivity index is 4.22. The summed E-state index contributed by atoms with van der Waals surface area (Å²) >= 11 is 0. The van der Waals surface area contributed by atoms with Crippen LogP contribution in [0.5, 0.6) is 0 Å². The van der Waals surface area contributed by atoms with Gasteiger partial charge in [0.05, 0.1) is 13.2 Å². The van der Waals surface area contributed by atoms with Gasteiger partial charge in [-0.25, -0.2) is 4.57 Å². The quantitative estimate of drug-likeness (QED) is 0.0367. The Morgan fingerprint density at radius 1 is 0.732 bits per heavy atom. The normalized spacial score (nSPS) is 13.4. The molecule has 0 saturated heterocycles. The molecule has 0 aliphatic heterocycles. The summed E-state index contributed by atoms with van der Waals surface area (Å²) in [5.41, 5.74) is 5.28. The number of nitrogens with two attached hydrogens (primary N) is 1. The van der Waals surface area contributed by atoms with Crippen LogP contribution < -0.4 is 5.73 Å². The predicted molar refractivity (Wildman–Crippen MR) is 160 cm³/mol. The Labute approximate surface area is 248 Å². The van der Waals surface area contributed by atoms with Gasteiger partial charge in [0.25, 0.3) is 0 Å². The molecule has 0 spiro atoms. The van der Waals surface area contributed by atoms with E-state index in [1.807, 2.05) is 0 Å². The first-order valence-electron chi connectivity index (χ1n) is 15.9. The van der Waals surface area contributed by atoms with E-state index in [1.165, 1.54) is 64.2 Å². The monoisotopic (exact) mass is 607 g/mol. The molecular weight excluding hydrogens is 549 g/mol. The van der Waals surface area contributed by atoms with E-state index in [9.17, 15) is 23.8 Å². The zero-order valence-electron chi connectivity index (χ0n) is 25.6. The number of ether oxygens (including phenoxy) is 2. The average Bonchev–Trinajstić information content (AvgIpc) is 2.95. The van der Waals surface area contributed by atoms with Crippen molar-refractivity contribution >= 4 is 26.0 Å². The molecule has 0 amide bonds. The van der Waals surface area contributed by atoms with Crippen LogP contribution in [0.3, 0.4) is 0 Å². The fourth-order valence-electron chi connectivity index (χ4n) is 4.32. The van der Waals surface area contributed by atoms with E-state index in [-0.39, 0.29) is 32.6 Å². The van der Waals surface area contributed by atoms with Crippen LogP contribution in [0.25, 0.3) is 0 Å². The molecule has 0 radical (unpaired) electrons. The van der Waals surface area contributed by atoms with Gasteiger partial charge >= 0.3 is 19.8 Å². The van der Waals surface area contributed by atoms with E-state index >= 15 is 0 Å². The van der Waals surface area contributed by atoms with Crippen molar-refractivity contribution in [3.63, 3.8) is 0 Å². The maximum absolute atomic E-state index is 12.3. The number of phosphoric ester groups is 1. The van der Waals surface area contributed by atoms with Gasteiger partial charge in [-0.3, -0.25) is 18.6 Å². The summed E-state index contributed by atoms with van der Waals surface area (Å²) in [7, 11) is -4.37. The van der Waals surface area contributed by atoms with E-state index in [0.717, 1.165) is 51.2 Å². The van der Waals surface area contributed by atoms with Gasteiger partial charge in [-0.15, -0.1) is 0 Å². The maximum atomic E-state index is 12.3. The minimum absolute atomic E-state index is 0.0400. The summed E-state index contributed by atoms with van der Waals surface area (Å²) in [5, 5.41) is 0. The van der Waals surface area contributed by atoms with Gasteiger partial charge in [0.2, 0.25) is 0 Å². The Kier molecular flexibility index (Phi) is 27.9. The largest absolute Gasteiger partial charge is 0.472 e. The lowest BCUT2D eigenvalue weighted by Crippen LogP contribution is -2.29. The fraction of sp³-hybridized carbons (Fsp3) is 0.900. The zero-order valence-corrected chi connectivity index (χ0v) is 26.5. The lowest BCUT2D eigenvalue weighted by molar-refractivity contribution is -0.161. The molecule has 0 rings (SSSR count). The lowest BCUT2D eigenvalue weighted by Gasteiger charge is -2.19. The molecule has 11 heteroatoms. The van der Waals surface area contributed by atoms with Gasteiger partial charge in [-0.05, 0) is 19.3 Å². The topological polar surface area (TPSA) is 151 Å². The van der Waals surface area contributed by atoms with Crippen molar-refractivity contribution in [3.05, 3.63) is 0 Å². The molecule has 0 bridgehead atoms. The Bertz CT molecular complexity index is 693. The van der Waals surface area contributed by atoms with Crippen molar-refractivity contribution in [1.82, 2.24) is 0 Å². The Morgan fingerprint density at radius 3 is 1.73 bits per heavy atom. The highest BCUT2D eigenvalue weighted by atomic mass is 31.2. The summed E-state index contributed by atoms with van der Waals surface area (Å²) in [4.78, 5) is 44.6. The molecule has 2 unspecified atom stereocenters. The Hall–Kier alpha value is -1.32. The predicted octanol–water partition coefficient (Wildman–Crippen LogP) is 6.94. The number of rotatable bonds is 31. The molecule has 0 aliphatic carbocycles. The van der Waals surface area contributed by atoms with Gasteiger partial charge in [0.15, 0.2) is 6.10 Å². The van der Waals surface area contributed by atoms with Crippen LogP contribution in [0.1, 0.15) is 142 Å². The summed E-state index contributed by atoms with van der Waals surface area (Å²) in [6.07, 6.45) is 20.7. The molecule has 242 valence electrons.